The largest absolute Gasteiger partial charge is 0.451 e. The van der Waals surface area contributed by atoms with E-state index in [2.05, 4.69) is 13.2 Å². The van der Waals surface area contributed by atoms with E-state index in [-0.39, 0.29) is 11.3 Å². The van der Waals surface area contributed by atoms with Crippen LogP contribution in [0.3, 0.4) is 0 Å². The zero-order chi connectivity index (χ0) is 27.7. The van der Waals surface area contributed by atoms with Crippen molar-refractivity contribution in [2.75, 3.05) is 0 Å². The topological polar surface area (TPSA) is 9.23 Å². The molecule has 0 radical (unpaired) electrons. The first-order valence-electron chi connectivity index (χ1n) is 10.9. The van der Waals surface area contributed by atoms with Crippen LogP contribution in [0.15, 0.2) is 61.7 Å². The first-order chi connectivity index (χ1) is 18.1. The quantitative estimate of drug-likeness (QED) is 0.170. The predicted molar refractivity (Wildman–Crippen MR) is 127 cm³/mol. The molecule has 0 atom stereocenters. The number of ether oxygens (including phenoxy) is 1. The summed E-state index contributed by atoms with van der Waals surface area (Å²) >= 11 is 0. The highest BCUT2D eigenvalue weighted by atomic mass is 19.2. The van der Waals surface area contributed by atoms with Crippen molar-refractivity contribution in [3.8, 4) is 22.6 Å². The Hall–Kier alpha value is -4.40. The number of benzene rings is 4. The third kappa shape index (κ3) is 4.67. The summed E-state index contributed by atoms with van der Waals surface area (Å²) in [6, 6.07) is 11.2. The molecule has 0 aliphatic carbocycles. The van der Waals surface area contributed by atoms with Gasteiger partial charge in [-0.2, -0.15) is 8.78 Å². The predicted octanol–water partition coefficient (Wildman–Crippen LogP) is 9.14. The van der Waals surface area contributed by atoms with Crippen LogP contribution in [0.2, 0.25) is 0 Å². The zero-order valence-corrected chi connectivity index (χ0v) is 19.3. The number of hydrogen-bond donors (Lipinski definition) is 0. The Balaban J connectivity index is 1.81. The van der Waals surface area contributed by atoms with Crippen molar-refractivity contribution in [3.63, 3.8) is 0 Å². The Bertz CT molecular complexity index is 1380. The number of rotatable bonds is 7. The van der Waals surface area contributed by atoms with Gasteiger partial charge in [0.25, 0.3) is 0 Å². The Labute approximate surface area is 211 Å². The van der Waals surface area contributed by atoms with Crippen LogP contribution >= 0.6 is 0 Å². The molecule has 0 spiro atoms. The molecule has 4 rings (SSSR count). The summed E-state index contributed by atoms with van der Waals surface area (Å²) in [5.74, 6) is -19.2. The Kier molecular flexibility index (Phi) is 7.39. The van der Waals surface area contributed by atoms with Gasteiger partial charge < -0.3 is 4.74 Å². The van der Waals surface area contributed by atoms with E-state index >= 15 is 0 Å². The van der Waals surface area contributed by atoms with Gasteiger partial charge in [0, 0.05) is 12.0 Å². The highest BCUT2D eigenvalue weighted by Gasteiger charge is 2.34. The molecule has 0 amide bonds. The molecule has 0 aliphatic heterocycles. The highest BCUT2D eigenvalue weighted by molar-refractivity contribution is 5.69. The average Bonchev–Trinajstić information content (AvgIpc) is 2.93. The molecule has 0 heterocycles. The van der Waals surface area contributed by atoms with Gasteiger partial charge in [-0.1, -0.05) is 61.7 Å². The second-order valence-electron chi connectivity index (χ2n) is 8.07. The van der Waals surface area contributed by atoms with Crippen LogP contribution in [0.5, 0.6) is 11.5 Å². The lowest BCUT2D eigenvalue weighted by molar-refractivity contribution is 0.366. The van der Waals surface area contributed by atoms with Gasteiger partial charge in [-0.05, 0) is 28.8 Å². The third-order valence-electron chi connectivity index (χ3n) is 5.76. The molecule has 38 heavy (non-hydrogen) atoms. The van der Waals surface area contributed by atoms with E-state index in [9.17, 15) is 35.1 Å². The molecule has 194 valence electrons. The SMILES string of the molecule is C=Cc1ccc(Cc2c(F)c(F)c(-c3c(F)c(F)c(Oc4ccc(C=C)cc4)c(F)c3F)c(F)c2F)cc1. The van der Waals surface area contributed by atoms with Gasteiger partial charge in [-0.3, -0.25) is 0 Å². The van der Waals surface area contributed by atoms with Gasteiger partial charge in [0.05, 0.1) is 11.1 Å². The van der Waals surface area contributed by atoms with Gasteiger partial charge in [0.2, 0.25) is 17.4 Å². The molecular formula is C29H16F8O. The molecule has 0 unspecified atom stereocenters. The molecule has 4 aromatic rings. The molecule has 0 saturated carbocycles. The zero-order valence-electron chi connectivity index (χ0n) is 19.3. The fourth-order valence-electron chi connectivity index (χ4n) is 3.74. The molecule has 0 aliphatic rings. The van der Waals surface area contributed by atoms with Gasteiger partial charge >= 0.3 is 0 Å². The van der Waals surface area contributed by atoms with Gasteiger partial charge in [0.15, 0.2) is 34.9 Å². The van der Waals surface area contributed by atoms with Crippen LogP contribution in [-0.2, 0) is 6.42 Å². The second kappa shape index (κ2) is 10.5. The minimum absolute atomic E-state index is 0.236. The molecule has 1 nitrogen and oxygen atoms in total. The number of halogens is 8. The Morgan fingerprint density at radius 2 is 0.921 bits per heavy atom. The molecule has 9 heteroatoms. The van der Waals surface area contributed by atoms with E-state index in [4.69, 9.17) is 4.74 Å². The average molecular weight is 532 g/mol. The Morgan fingerprint density at radius 3 is 1.34 bits per heavy atom. The van der Waals surface area contributed by atoms with Crippen LogP contribution in [0.4, 0.5) is 35.1 Å². The highest BCUT2D eigenvalue weighted by Crippen LogP contribution is 2.41. The summed E-state index contributed by atoms with van der Waals surface area (Å²) in [5.41, 5.74) is -3.49. The van der Waals surface area contributed by atoms with E-state index in [1.165, 1.54) is 60.7 Å². The minimum atomic E-state index is -2.31. The van der Waals surface area contributed by atoms with Crippen molar-refractivity contribution in [1.29, 1.82) is 0 Å². The van der Waals surface area contributed by atoms with E-state index < -0.39 is 75.4 Å². The smallest absolute Gasteiger partial charge is 0.205 e. The summed E-state index contributed by atoms with van der Waals surface area (Å²) in [5, 5.41) is 0. The molecular weight excluding hydrogens is 516 g/mol. The summed E-state index contributed by atoms with van der Waals surface area (Å²) < 4.78 is 124. The lowest BCUT2D eigenvalue weighted by Crippen LogP contribution is -2.11. The van der Waals surface area contributed by atoms with Crippen molar-refractivity contribution in [3.05, 3.63) is 130 Å². The standard InChI is InChI=1S/C29H16F8O/c1-3-14-5-7-16(8-6-14)13-18-21(30)23(32)19(24(33)22(18)31)20-25(34)27(36)29(28(37)26(20)35)38-17-11-9-15(4-2)10-12-17/h3-12H,1-2,13H2. The fraction of sp³-hybridized carbons (Fsp3) is 0.0345. The molecule has 0 saturated heterocycles. The van der Waals surface area contributed by atoms with Crippen molar-refractivity contribution >= 4 is 12.2 Å². The Morgan fingerprint density at radius 1 is 0.526 bits per heavy atom. The van der Waals surface area contributed by atoms with Crippen molar-refractivity contribution in [2.24, 2.45) is 0 Å². The van der Waals surface area contributed by atoms with E-state index in [1.54, 1.807) is 0 Å². The minimum Gasteiger partial charge on any atom is -0.451 e. The van der Waals surface area contributed by atoms with Crippen molar-refractivity contribution in [2.45, 2.75) is 6.42 Å². The van der Waals surface area contributed by atoms with Gasteiger partial charge in [-0.25, -0.2) is 26.3 Å². The third-order valence-corrected chi connectivity index (χ3v) is 5.76. The van der Waals surface area contributed by atoms with E-state index in [1.807, 2.05) is 0 Å². The van der Waals surface area contributed by atoms with Crippen molar-refractivity contribution in [1.82, 2.24) is 0 Å². The number of hydrogen-bond acceptors (Lipinski definition) is 1. The maximum atomic E-state index is 14.9. The first-order valence-corrected chi connectivity index (χ1v) is 10.9. The summed E-state index contributed by atoms with van der Waals surface area (Å²) in [6.45, 7) is 7.06. The van der Waals surface area contributed by atoms with Crippen LogP contribution in [0.25, 0.3) is 23.3 Å². The normalized spacial score (nSPS) is 10.9. The van der Waals surface area contributed by atoms with Crippen LogP contribution in [0, 0.1) is 46.5 Å². The van der Waals surface area contributed by atoms with Gasteiger partial charge in [-0.15, -0.1) is 0 Å². The molecule has 4 aromatic carbocycles. The lowest BCUT2D eigenvalue weighted by Gasteiger charge is -2.16. The summed E-state index contributed by atoms with van der Waals surface area (Å²) in [6.07, 6.45) is 2.31. The van der Waals surface area contributed by atoms with Crippen LogP contribution in [-0.4, -0.2) is 0 Å². The van der Waals surface area contributed by atoms with E-state index in [0.717, 1.165) is 0 Å². The maximum absolute atomic E-state index is 14.9. The maximum Gasteiger partial charge on any atom is 0.205 e. The molecule has 0 aromatic heterocycles. The van der Waals surface area contributed by atoms with Gasteiger partial charge in [0.1, 0.15) is 5.75 Å². The van der Waals surface area contributed by atoms with Crippen LogP contribution in [0.1, 0.15) is 22.3 Å². The first kappa shape index (κ1) is 26.7. The summed E-state index contributed by atoms with van der Waals surface area (Å²) in [4.78, 5) is 0. The fourth-order valence-corrected chi connectivity index (χ4v) is 3.74. The lowest BCUT2D eigenvalue weighted by atomic mass is 9.96. The van der Waals surface area contributed by atoms with E-state index in [0.29, 0.717) is 11.1 Å². The second-order valence-corrected chi connectivity index (χ2v) is 8.07. The monoisotopic (exact) mass is 532 g/mol. The van der Waals surface area contributed by atoms with Crippen LogP contribution < -0.4 is 4.74 Å². The summed E-state index contributed by atoms with van der Waals surface area (Å²) in [7, 11) is 0. The molecule has 0 fully saturated rings. The molecule has 0 bridgehead atoms. The van der Waals surface area contributed by atoms with Crippen molar-refractivity contribution < 1.29 is 39.9 Å². The molecule has 0 N–H and O–H groups in total.